The van der Waals surface area contributed by atoms with Crippen molar-refractivity contribution in [3.8, 4) is 0 Å². The molecule has 0 amide bonds. The van der Waals surface area contributed by atoms with Gasteiger partial charge in [0.25, 0.3) is 0 Å². The molecule has 7 heteroatoms. The van der Waals surface area contributed by atoms with Crippen molar-refractivity contribution in [3.63, 3.8) is 0 Å². The second-order valence-electron chi connectivity index (χ2n) is 5.54. The number of rotatable bonds is 3. The zero-order chi connectivity index (χ0) is 15.7. The van der Waals surface area contributed by atoms with Gasteiger partial charge in [0, 0.05) is 0 Å². The number of anilines is 1. The smallest absolute Gasteiger partial charge is 0.398 e. The molecule has 2 N–H and O–H groups in total. The lowest BCUT2D eigenvalue weighted by atomic mass is 9.91. The molecule has 0 aliphatic heterocycles. The number of benzene rings is 1. The first-order valence-corrected chi connectivity index (χ1v) is 8.55. The van der Waals surface area contributed by atoms with Gasteiger partial charge in [-0.1, -0.05) is 19.3 Å². The Labute approximate surface area is 122 Å². The Balaban J connectivity index is 2.23. The maximum Gasteiger partial charge on any atom is 0.416 e. The summed E-state index contributed by atoms with van der Waals surface area (Å²) in [6, 6.07) is 2.42. The highest BCUT2D eigenvalue weighted by Crippen LogP contribution is 2.34. The van der Waals surface area contributed by atoms with Crippen LogP contribution >= 0.6 is 0 Å². The van der Waals surface area contributed by atoms with E-state index < -0.39 is 21.6 Å². The summed E-state index contributed by atoms with van der Waals surface area (Å²) in [5, 5.41) is 0. The Morgan fingerprint density at radius 3 is 2.29 bits per heavy atom. The predicted molar refractivity (Wildman–Crippen MR) is 74.5 cm³/mol. The van der Waals surface area contributed by atoms with E-state index >= 15 is 0 Å². The molecule has 0 unspecified atom stereocenters. The minimum absolute atomic E-state index is 0.0391. The number of sulfone groups is 1. The largest absolute Gasteiger partial charge is 0.416 e. The third-order valence-electron chi connectivity index (χ3n) is 3.85. The molecule has 3 nitrogen and oxygen atoms in total. The van der Waals surface area contributed by atoms with Crippen LogP contribution in [0.2, 0.25) is 0 Å². The Bertz CT molecular complexity index is 605. The van der Waals surface area contributed by atoms with Gasteiger partial charge in [-0.3, -0.25) is 0 Å². The monoisotopic (exact) mass is 321 g/mol. The van der Waals surface area contributed by atoms with Gasteiger partial charge >= 0.3 is 6.18 Å². The van der Waals surface area contributed by atoms with Crippen LogP contribution in [0.4, 0.5) is 18.9 Å². The molecule has 1 fully saturated rings. The second-order valence-corrected chi connectivity index (χ2v) is 7.54. The van der Waals surface area contributed by atoms with Crippen LogP contribution in [0.25, 0.3) is 0 Å². The van der Waals surface area contributed by atoms with Crippen molar-refractivity contribution in [2.45, 2.75) is 43.2 Å². The van der Waals surface area contributed by atoms with Crippen molar-refractivity contribution in [3.05, 3.63) is 23.8 Å². The quantitative estimate of drug-likeness (QED) is 0.865. The van der Waals surface area contributed by atoms with Gasteiger partial charge in [0.2, 0.25) is 0 Å². The van der Waals surface area contributed by atoms with E-state index in [-0.39, 0.29) is 22.3 Å². The fourth-order valence-electron chi connectivity index (χ4n) is 2.76. The molecular formula is C14H18F3NO2S. The maximum atomic E-state index is 12.6. The van der Waals surface area contributed by atoms with Gasteiger partial charge < -0.3 is 5.73 Å². The number of hydrogen-bond donors (Lipinski definition) is 1. The second kappa shape index (κ2) is 5.87. The standard InChI is InChI=1S/C14H18F3NO2S/c15-14(16,17)11-6-7-13(12(18)8-11)21(19,20)9-10-4-2-1-3-5-10/h6-8,10H,1-5,9,18H2. The minimum Gasteiger partial charge on any atom is -0.398 e. The van der Waals surface area contributed by atoms with E-state index in [1.807, 2.05) is 0 Å². The molecule has 1 aromatic carbocycles. The molecule has 0 spiro atoms. The van der Waals surface area contributed by atoms with Crippen LogP contribution in [0.3, 0.4) is 0 Å². The van der Waals surface area contributed by atoms with Crippen LogP contribution in [-0.4, -0.2) is 14.2 Å². The third-order valence-corrected chi connectivity index (χ3v) is 5.80. The fraction of sp³-hybridized carbons (Fsp3) is 0.571. The van der Waals surface area contributed by atoms with Gasteiger partial charge in [-0.05, 0) is 37.0 Å². The lowest BCUT2D eigenvalue weighted by Crippen LogP contribution is -2.20. The van der Waals surface area contributed by atoms with E-state index in [0.717, 1.165) is 44.2 Å². The predicted octanol–water partition coefficient (Wildman–Crippen LogP) is 3.64. The van der Waals surface area contributed by atoms with E-state index in [2.05, 4.69) is 0 Å². The fourth-order valence-corrected chi connectivity index (χ4v) is 4.59. The molecule has 0 atom stereocenters. The number of alkyl halides is 3. The van der Waals surface area contributed by atoms with Gasteiger partial charge in [0.15, 0.2) is 9.84 Å². The first-order valence-electron chi connectivity index (χ1n) is 6.89. The molecule has 1 aromatic rings. The number of hydrogen-bond acceptors (Lipinski definition) is 3. The number of halogens is 3. The summed E-state index contributed by atoms with van der Waals surface area (Å²) in [7, 11) is -3.65. The molecule has 21 heavy (non-hydrogen) atoms. The van der Waals surface area contributed by atoms with Crippen molar-refractivity contribution in [1.82, 2.24) is 0 Å². The van der Waals surface area contributed by atoms with E-state index in [9.17, 15) is 21.6 Å². The molecule has 1 aliphatic rings. The SMILES string of the molecule is Nc1cc(C(F)(F)F)ccc1S(=O)(=O)CC1CCCCC1. The molecule has 0 heterocycles. The number of nitrogens with two attached hydrogens (primary N) is 1. The normalized spacial score (nSPS) is 17.9. The zero-order valence-electron chi connectivity index (χ0n) is 11.5. The van der Waals surface area contributed by atoms with Gasteiger partial charge in [-0.2, -0.15) is 13.2 Å². The zero-order valence-corrected chi connectivity index (χ0v) is 12.3. The summed E-state index contributed by atoms with van der Waals surface area (Å²) in [6.45, 7) is 0. The Morgan fingerprint density at radius 2 is 1.76 bits per heavy atom. The van der Waals surface area contributed by atoms with Crippen LogP contribution in [0, 0.1) is 5.92 Å². The van der Waals surface area contributed by atoms with Gasteiger partial charge in [-0.25, -0.2) is 8.42 Å². The van der Waals surface area contributed by atoms with Crippen LogP contribution in [0.1, 0.15) is 37.7 Å². The molecule has 1 aliphatic carbocycles. The van der Waals surface area contributed by atoms with Crippen molar-refractivity contribution < 1.29 is 21.6 Å². The topological polar surface area (TPSA) is 60.2 Å². The highest BCUT2D eigenvalue weighted by Gasteiger charge is 2.32. The van der Waals surface area contributed by atoms with E-state index in [1.54, 1.807) is 0 Å². The third kappa shape index (κ3) is 3.90. The van der Waals surface area contributed by atoms with Crippen LogP contribution in [0.5, 0.6) is 0 Å². The summed E-state index contributed by atoms with van der Waals surface area (Å²) >= 11 is 0. The summed E-state index contributed by atoms with van der Waals surface area (Å²) in [6.07, 6.45) is 0.281. The van der Waals surface area contributed by atoms with Crippen molar-refractivity contribution >= 4 is 15.5 Å². The van der Waals surface area contributed by atoms with Crippen molar-refractivity contribution in [2.75, 3.05) is 11.5 Å². The first-order chi connectivity index (χ1) is 9.70. The molecule has 2 rings (SSSR count). The molecule has 118 valence electrons. The molecule has 0 aromatic heterocycles. The molecule has 1 saturated carbocycles. The van der Waals surface area contributed by atoms with Gasteiger partial charge in [-0.15, -0.1) is 0 Å². The van der Waals surface area contributed by atoms with Crippen LogP contribution < -0.4 is 5.73 Å². The average molecular weight is 321 g/mol. The molecular weight excluding hydrogens is 303 g/mol. The van der Waals surface area contributed by atoms with Crippen molar-refractivity contribution in [2.24, 2.45) is 5.92 Å². The van der Waals surface area contributed by atoms with Crippen LogP contribution in [0.15, 0.2) is 23.1 Å². The van der Waals surface area contributed by atoms with E-state index in [1.165, 1.54) is 0 Å². The minimum atomic E-state index is -4.53. The van der Waals surface area contributed by atoms with E-state index in [4.69, 9.17) is 5.73 Å². The lowest BCUT2D eigenvalue weighted by molar-refractivity contribution is -0.137. The lowest BCUT2D eigenvalue weighted by Gasteiger charge is -2.21. The Kier molecular flexibility index (Phi) is 4.51. The molecule has 0 bridgehead atoms. The highest BCUT2D eigenvalue weighted by atomic mass is 32.2. The average Bonchev–Trinajstić information content (AvgIpc) is 2.37. The van der Waals surface area contributed by atoms with Gasteiger partial charge in [0.05, 0.1) is 21.9 Å². The first kappa shape index (κ1) is 16.1. The Morgan fingerprint density at radius 1 is 1.14 bits per heavy atom. The summed E-state index contributed by atoms with van der Waals surface area (Å²) in [4.78, 5) is -0.193. The van der Waals surface area contributed by atoms with Crippen LogP contribution in [-0.2, 0) is 16.0 Å². The van der Waals surface area contributed by atoms with Crippen molar-refractivity contribution in [1.29, 1.82) is 0 Å². The Hall–Kier alpha value is -1.24. The molecule has 0 radical (unpaired) electrons. The van der Waals surface area contributed by atoms with E-state index in [0.29, 0.717) is 6.07 Å². The highest BCUT2D eigenvalue weighted by molar-refractivity contribution is 7.91. The maximum absolute atomic E-state index is 12.6. The summed E-state index contributed by atoms with van der Waals surface area (Å²) < 4.78 is 62.3. The number of nitrogen functional groups attached to an aromatic ring is 1. The summed E-state index contributed by atoms with van der Waals surface area (Å²) in [5.74, 6) is 0.0354. The molecule has 0 saturated heterocycles. The van der Waals surface area contributed by atoms with Gasteiger partial charge in [0.1, 0.15) is 0 Å². The summed E-state index contributed by atoms with van der Waals surface area (Å²) in [5.41, 5.74) is 4.26.